The molecule has 0 unspecified atom stereocenters. The van der Waals surface area contributed by atoms with Crippen molar-refractivity contribution in [1.29, 1.82) is 0 Å². The van der Waals surface area contributed by atoms with Crippen LogP contribution in [0.25, 0.3) is 0 Å². The number of hydrogen-bond donors (Lipinski definition) is 2. The lowest BCUT2D eigenvalue weighted by atomic mass is 10.0. The minimum Gasteiger partial charge on any atom is -0.383 e. The molecule has 4 nitrogen and oxygen atoms in total. The Bertz CT molecular complexity index is 511. The van der Waals surface area contributed by atoms with Crippen molar-refractivity contribution in [1.82, 2.24) is 0 Å². The Morgan fingerprint density at radius 2 is 2.18 bits per heavy atom. The average molecular weight is 229 g/mol. The third-order valence-electron chi connectivity index (χ3n) is 2.03. The SMILES string of the molecule is C=C1C=C(C#CC(C)C)C(C(N)=O)=CN=C1N. The Kier molecular flexibility index (Phi) is 3.89. The van der Waals surface area contributed by atoms with Crippen molar-refractivity contribution in [2.24, 2.45) is 22.4 Å². The number of amidine groups is 1. The normalized spacial score (nSPS) is 15.2. The molecule has 17 heavy (non-hydrogen) atoms. The van der Waals surface area contributed by atoms with Crippen molar-refractivity contribution < 1.29 is 4.79 Å². The first-order valence-corrected chi connectivity index (χ1v) is 5.18. The molecule has 0 aliphatic carbocycles. The Morgan fingerprint density at radius 1 is 1.53 bits per heavy atom. The van der Waals surface area contributed by atoms with Crippen molar-refractivity contribution in [3.63, 3.8) is 0 Å². The Labute approximate surface area is 101 Å². The van der Waals surface area contributed by atoms with E-state index in [9.17, 15) is 4.79 Å². The number of hydrogen-bond acceptors (Lipinski definition) is 3. The highest BCUT2D eigenvalue weighted by molar-refractivity contribution is 6.04. The zero-order chi connectivity index (χ0) is 13.0. The van der Waals surface area contributed by atoms with Gasteiger partial charge in [-0.05, 0) is 6.08 Å². The van der Waals surface area contributed by atoms with Crippen LogP contribution in [0.15, 0.2) is 40.6 Å². The lowest BCUT2D eigenvalue weighted by Crippen LogP contribution is -2.15. The summed E-state index contributed by atoms with van der Waals surface area (Å²) in [6.45, 7) is 7.65. The van der Waals surface area contributed by atoms with Gasteiger partial charge in [0.25, 0.3) is 5.91 Å². The molecule has 0 atom stereocenters. The van der Waals surface area contributed by atoms with E-state index in [2.05, 4.69) is 23.4 Å². The molecule has 0 aromatic carbocycles. The van der Waals surface area contributed by atoms with E-state index in [4.69, 9.17) is 11.5 Å². The molecule has 0 fully saturated rings. The first kappa shape index (κ1) is 12.8. The Morgan fingerprint density at radius 3 is 2.71 bits per heavy atom. The predicted octanol–water partition coefficient (Wildman–Crippen LogP) is 0.868. The number of amides is 1. The highest BCUT2D eigenvalue weighted by Gasteiger charge is 2.13. The highest BCUT2D eigenvalue weighted by atomic mass is 16.1. The van der Waals surface area contributed by atoms with Crippen LogP contribution < -0.4 is 11.5 Å². The monoisotopic (exact) mass is 229 g/mol. The van der Waals surface area contributed by atoms with Gasteiger partial charge in [0.2, 0.25) is 0 Å². The summed E-state index contributed by atoms with van der Waals surface area (Å²) in [5.74, 6) is 5.73. The van der Waals surface area contributed by atoms with E-state index in [1.165, 1.54) is 6.20 Å². The van der Waals surface area contributed by atoms with Crippen LogP contribution in [-0.4, -0.2) is 11.7 Å². The standard InChI is InChI=1S/C13H15N3O/c1-8(2)4-5-10-6-9(3)12(14)16-7-11(10)13(15)17/h6-8H,3H2,1-2H3,(H2,14,16)(H2,15,17). The van der Waals surface area contributed by atoms with E-state index in [0.717, 1.165) is 0 Å². The second kappa shape index (κ2) is 5.17. The van der Waals surface area contributed by atoms with E-state index in [-0.39, 0.29) is 17.3 Å². The lowest BCUT2D eigenvalue weighted by molar-refractivity contribution is -0.114. The first-order chi connectivity index (χ1) is 7.91. The fourth-order valence-corrected chi connectivity index (χ4v) is 1.13. The van der Waals surface area contributed by atoms with Crippen molar-refractivity contribution in [3.8, 4) is 11.8 Å². The van der Waals surface area contributed by atoms with E-state index in [1.54, 1.807) is 6.08 Å². The minimum absolute atomic E-state index is 0.194. The van der Waals surface area contributed by atoms with Gasteiger partial charge in [0, 0.05) is 23.3 Å². The van der Waals surface area contributed by atoms with Crippen LogP contribution in [0.2, 0.25) is 0 Å². The van der Waals surface area contributed by atoms with E-state index >= 15 is 0 Å². The molecular formula is C13H15N3O. The smallest absolute Gasteiger partial charge is 0.251 e. The van der Waals surface area contributed by atoms with Gasteiger partial charge in [0.1, 0.15) is 5.84 Å². The Hall–Kier alpha value is -2.28. The molecular weight excluding hydrogens is 214 g/mol. The van der Waals surface area contributed by atoms with E-state index < -0.39 is 5.91 Å². The van der Waals surface area contributed by atoms with Crippen LogP contribution in [0.1, 0.15) is 13.8 Å². The molecule has 0 spiro atoms. The molecule has 1 aliphatic heterocycles. The van der Waals surface area contributed by atoms with Gasteiger partial charge in [-0.15, -0.1) is 0 Å². The maximum atomic E-state index is 11.3. The second-order valence-electron chi connectivity index (χ2n) is 3.93. The highest BCUT2D eigenvalue weighted by Crippen LogP contribution is 2.15. The van der Waals surface area contributed by atoms with E-state index in [1.807, 2.05) is 13.8 Å². The number of aliphatic imine (C=N–C) groups is 1. The van der Waals surface area contributed by atoms with E-state index in [0.29, 0.717) is 11.1 Å². The minimum atomic E-state index is -0.583. The largest absolute Gasteiger partial charge is 0.383 e. The molecule has 1 amide bonds. The molecule has 0 radical (unpaired) electrons. The van der Waals surface area contributed by atoms with Crippen molar-refractivity contribution >= 4 is 11.7 Å². The summed E-state index contributed by atoms with van der Waals surface area (Å²) in [6, 6.07) is 0. The zero-order valence-electron chi connectivity index (χ0n) is 9.95. The van der Waals surface area contributed by atoms with Crippen molar-refractivity contribution in [2.45, 2.75) is 13.8 Å². The number of rotatable bonds is 1. The first-order valence-electron chi connectivity index (χ1n) is 5.18. The summed E-state index contributed by atoms with van der Waals surface area (Å²) in [4.78, 5) is 15.2. The van der Waals surface area contributed by atoms with Crippen LogP contribution in [0.3, 0.4) is 0 Å². The van der Waals surface area contributed by atoms with Crippen molar-refractivity contribution in [3.05, 3.63) is 35.6 Å². The quantitative estimate of drug-likeness (QED) is 0.654. The number of carbonyl (C=O) groups is 1. The molecule has 1 aliphatic rings. The van der Waals surface area contributed by atoms with Crippen LogP contribution in [-0.2, 0) is 4.79 Å². The van der Waals surface area contributed by atoms with Gasteiger partial charge >= 0.3 is 0 Å². The molecule has 88 valence electrons. The molecule has 0 aromatic heterocycles. The molecule has 0 saturated heterocycles. The summed E-state index contributed by atoms with van der Waals surface area (Å²) < 4.78 is 0. The zero-order valence-corrected chi connectivity index (χ0v) is 9.95. The number of nitrogens with two attached hydrogens (primary N) is 2. The lowest BCUT2D eigenvalue weighted by Gasteiger charge is -2.00. The number of nitrogens with zero attached hydrogens (tertiary/aromatic N) is 1. The molecule has 1 rings (SSSR count). The van der Waals surface area contributed by atoms with Gasteiger partial charge < -0.3 is 11.5 Å². The van der Waals surface area contributed by atoms with Gasteiger partial charge in [0.05, 0.1) is 5.57 Å². The summed E-state index contributed by atoms with van der Waals surface area (Å²) >= 11 is 0. The third kappa shape index (κ3) is 3.35. The number of primary amides is 1. The Balaban J connectivity index is 3.25. The van der Waals surface area contributed by atoms with Gasteiger partial charge in [-0.2, -0.15) is 0 Å². The molecule has 0 bridgehead atoms. The summed E-state index contributed by atoms with van der Waals surface area (Å²) in [5, 5.41) is 0. The van der Waals surface area contributed by atoms with Crippen LogP contribution >= 0.6 is 0 Å². The molecule has 4 N–H and O–H groups in total. The molecule has 1 heterocycles. The van der Waals surface area contributed by atoms with Crippen LogP contribution in [0.4, 0.5) is 0 Å². The molecule has 4 heteroatoms. The maximum Gasteiger partial charge on any atom is 0.251 e. The summed E-state index contributed by atoms with van der Waals surface area (Å²) in [6.07, 6.45) is 2.95. The maximum absolute atomic E-state index is 11.3. The summed E-state index contributed by atoms with van der Waals surface area (Å²) in [5.41, 5.74) is 12.2. The van der Waals surface area contributed by atoms with Crippen LogP contribution in [0.5, 0.6) is 0 Å². The fourth-order valence-electron chi connectivity index (χ4n) is 1.13. The summed E-state index contributed by atoms with van der Waals surface area (Å²) in [7, 11) is 0. The van der Waals surface area contributed by atoms with Gasteiger partial charge in [-0.3, -0.25) is 4.79 Å². The third-order valence-corrected chi connectivity index (χ3v) is 2.03. The van der Waals surface area contributed by atoms with Gasteiger partial charge in [0.15, 0.2) is 0 Å². The number of carbonyl (C=O) groups excluding carboxylic acids is 1. The molecule has 0 saturated carbocycles. The topological polar surface area (TPSA) is 81.5 Å². The average Bonchev–Trinajstić information content (AvgIpc) is 2.37. The second-order valence-corrected chi connectivity index (χ2v) is 3.93. The molecule has 0 aromatic rings. The van der Waals surface area contributed by atoms with Crippen LogP contribution in [0, 0.1) is 17.8 Å². The van der Waals surface area contributed by atoms with Crippen molar-refractivity contribution in [2.75, 3.05) is 0 Å². The predicted molar refractivity (Wildman–Crippen MR) is 68.7 cm³/mol. The van der Waals surface area contributed by atoms with Gasteiger partial charge in [-0.25, -0.2) is 4.99 Å². The van der Waals surface area contributed by atoms with Gasteiger partial charge in [-0.1, -0.05) is 32.3 Å². The fraction of sp³-hybridized carbons (Fsp3) is 0.231.